The Morgan fingerprint density at radius 2 is 2.12 bits per heavy atom. The molecule has 0 aliphatic heterocycles. The van der Waals surface area contributed by atoms with Crippen LogP contribution in [0, 0.1) is 6.92 Å². The minimum Gasteiger partial charge on any atom is -0.454 e. The lowest BCUT2D eigenvalue weighted by Crippen LogP contribution is -1.86. The van der Waals surface area contributed by atoms with E-state index in [-0.39, 0.29) is 0 Å². The summed E-state index contributed by atoms with van der Waals surface area (Å²) >= 11 is 0. The summed E-state index contributed by atoms with van der Waals surface area (Å²) < 4.78 is 5.77. The molecule has 0 fully saturated rings. The van der Waals surface area contributed by atoms with Crippen LogP contribution in [-0.2, 0) is 0 Å². The molecule has 0 atom stereocenters. The summed E-state index contributed by atoms with van der Waals surface area (Å²) in [6.07, 6.45) is 1.59. The largest absolute Gasteiger partial charge is 0.454 e. The molecule has 1 aromatic carbocycles. The summed E-state index contributed by atoms with van der Waals surface area (Å²) in [5.74, 6) is 0.760. The number of aromatic nitrogens is 2. The summed E-state index contributed by atoms with van der Waals surface area (Å²) in [4.78, 5) is 0. The van der Waals surface area contributed by atoms with Gasteiger partial charge in [-0.1, -0.05) is 18.2 Å². The standard InChI is InChI=1S/C12H11N3O/c1-7-8-4-2-3-5-10(8)16-12(7)11-9(13)6-14-15-11/h2-6H,13H2,1H3,(H,14,15). The normalized spacial score (nSPS) is 11.1. The fraction of sp³-hybridized carbons (Fsp3) is 0.0833. The maximum Gasteiger partial charge on any atom is 0.158 e. The van der Waals surface area contributed by atoms with Crippen LogP contribution in [0.25, 0.3) is 22.4 Å². The van der Waals surface area contributed by atoms with E-state index < -0.39 is 0 Å². The van der Waals surface area contributed by atoms with Gasteiger partial charge < -0.3 is 10.2 Å². The van der Waals surface area contributed by atoms with E-state index in [2.05, 4.69) is 10.2 Å². The average molecular weight is 213 g/mol. The van der Waals surface area contributed by atoms with E-state index in [0.717, 1.165) is 28.0 Å². The van der Waals surface area contributed by atoms with Gasteiger partial charge in [-0.3, -0.25) is 5.10 Å². The van der Waals surface area contributed by atoms with Gasteiger partial charge in [0.25, 0.3) is 0 Å². The van der Waals surface area contributed by atoms with Gasteiger partial charge in [0.15, 0.2) is 5.76 Å². The molecule has 4 heteroatoms. The number of nitrogens with one attached hydrogen (secondary N) is 1. The molecule has 3 rings (SSSR count). The maximum absolute atomic E-state index is 5.81. The lowest BCUT2D eigenvalue weighted by Gasteiger charge is -1.95. The third-order valence-electron chi connectivity index (χ3n) is 2.74. The van der Waals surface area contributed by atoms with Crippen molar-refractivity contribution in [3.63, 3.8) is 0 Å². The third kappa shape index (κ3) is 1.13. The van der Waals surface area contributed by atoms with Crippen molar-refractivity contribution in [1.29, 1.82) is 0 Å². The second-order valence-electron chi connectivity index (χ2n) is 3.75. The molecule has 16 heavy (non-hydrogen) atoms. The zero-order valence-electron chi connectivity index (χ0n) is 8.82. The number of hydrogen-bond donors (Lipinski definition) is 2. The second kappa shape index (κ2) is 3.13. The van der Waals surface area contributed by atoms with Crippen molar-refractivity contribution < 1.29 is 4.42 Å². The van der Waals surface area contributed by atoms with E-state index in [1.807, 2.05) is 31.2 Å². The number of rotatable bonds is 1. The zero-order valence-corrected chi connectivity index (χ0v) is 8.82. The summed E-state index contributed by atoms with van der Waals surface area (Å²) in [5.41, 5.74) is 9.09. The van der Waals surface area contributed by atoms with E-state index in [4.69, 9.17) is 10.2 Å². The second-order valence-corrected chi connectivity index (χ2v) is 3.75. The highest BCUT2D eigenvalue weighted by Crippen LogP contribution is 2.33. The third-order valence-corrected chi connectivity index (χ3v) is 2.74. The molecule has 0 bridgehead atoms. The van der Waals surface area contributed by atoms with Crippen molar-refractivity contribution in [2.45, 2.75) is 6.92 Å². The first-order valence-corrected chi connectivity index (χ1v) is 5.04. The number of para-hydroxylation sites is 1. The SMILES string of the molecule is Cc1c(-c2[nH]ncc2N)oc2ccccc12. The number of hydrogen-bond acceptors (Lipinski definition) is 3. The molecule has 0 amide bonds. The Bertz CT molecular complexity index is 651. The molecule has 2 aromatic heterocycles. The molecule has 80 valence electrons. The van der Waals surface area contributed by atoms with Crippen molar-refractivity contribution in [2.24, 2.45) is 0 Å². The van der Waals surface area contributed by atoms with Gasteiger partial charge in [-0.05, 0) is 13.0 Å². The highest BCUT2D eigenvalue weighted by atomic mass is 16.3. The van der Waals surface area contributed by atoms with Crippen LogP contribution in [0.3, 0.4) is 0 Å². The van der Waals surface area contributed by atoms with Gasteiger partial charge in [0.2, 0.25) is 0 Å². The van der Waals surface area contributed by atoms with Gasteiger partial charge in [0.1, 0.15) is 11.3 Å². The highest BCUT2D eigenvalue weighted by Gasteiger charge is 2.15. The van der Waals surface area contributed by atoms with Crippen molar-refractivity contribution in [3.8, 4) is 11.5 Å². The lowest BCUT2D eigenvalue weighted by atomic mass is 10.1. The molecule has 4 nitrogen and oxygen atoms in total. The van der Waals surface area contributed by atoms with Crippen LogP contribution < -0.4 is 5.73 Å². The van der Waals surface area contributed by atoms with Gasteiger partial charge in [0.05, 0.1) is 11.9 Å². The van der Waals surface area contributed by atoms with Gasteiger partial charge in [-0.15, -0.1) is 0 Å². The smallest absolute Gasteiger partial charge is 0.158 e. The number of nitrogens with two attached hydrogens (primary N) is 1. The van der Waals surface area contributed by atoms with Crippen LogP contribution in [0.4, 0.5) is 5.69 Å². The molecule has 0 unspecified atom stereocenters. The molecule has 0 aliphatic carbocycles. The van der Waals surface area contributed by atoms with E-state index in [0.29, 0.717) is 5.69 Å². The number of benzene rings is 1. The first-order chi connectivity index (χ1) is 7.77. The van der Waals surface area contributed by atoms with Crippen LogP contribution in [0.1, 0.15) is 5.56 Å². The number of furan rings is 1. The minimum atomic E-state index is 0.599. The fourth-order valence-corrected chi connectivity index (χ4v) is 1.89. The Kier molecular flexibility index (Phi) is 1.77. The van der Waals surface area contributed by atoms with Crippen molar-refractivity contribution in [3.05, 3.63) is 36.0 Å². The van der Waals surface area contributed by atoms with E-state index in [1.54, 1.807) is 6.20 Å². The molecule has 0 aliphatic rings. The number of H-pyrrole nitrogens is 1. The molecule has 0 spiro atoms. The highest BCUT2D eigenvalue weighted by molar-refractivity contribution is 5.88. The predicted molar refractivity (Wildman–Crippen MR) is 62.9 cm³/mol. The van der Waals surface area contributed by atoms with Gasteiger partial charge in [0, 0.05) is 10.9 Å². The number of anilines is 1. The summed E-state index contributed by atoms with van der Waals surface area (Å²) in [7, 11) is 0. The number of aryl methyl sites for hydroxylation is 1. The number of nitrogens with zero attached hydrogens (tertiary/aromatic N) is 1. The van der Waals surface area contributed by atoms with Gasteiger partial charge in [-0.2, -0.15) is 5.10 Å². The molecular formula is C12H11N3O. The van der Waals surface area contributed by atoms with Crippen molar-refractivity contribution in [1.82, 2.24) is 10.2 Å². The predicted octanol–water partition coefficient (Wildman–Crippen LogP) is 2.71. The first-order valence-electron chi connectivity index (χ1n) is 5.04. The van der Waals surface area contributed by atoms with Crippen LogP contribution in [0.15, 0.2) is 34.9 Å². The summed E-state index contributed by atoms with van der Waals surface area (Å²) in [6.45, 7) is 2.02. The van der Waals surface area contributed by atoms with E-state index in [1.165, 1.54) is 0 Å². The molecule has 2 heterocycles. The van der Waals surface area contributed by atoms with Crippen molar-refractivity contribution >= 4 is 16.7 Å². The fourth-order valence-electron chi connectivity index (χ4n) is 1.89. The number of nitrogen functional groups attached to an aromatic ring is 1. The van der Waals surface area contributed by atoms with Crippen LogP contribution in [0.5, 0.6) is 0 Å². The Hall–Kier alpha value is -2.23. The number of fused-ring (bicyclic) bond motifs is 1. The first kappa shape index (κ1) is 9.03. The van der Waals surface area contributed by atoms with Crippen LogP contribution in [-0.4, -0.2) is 10.2 Å². The topological polar surface area (TPSA) is 67.8 Å². The van der Waals surface area contributed by atoms with E-state index >= 15 is 0 Å². The molecule has 3 N–H and O–H groups in total. The molecule has 0 radical (unpaired) electrons. The van der Waals surface area contributed by atoms with Gasteiger partial charge in [-0.25, -0.2) is 0 Å². The van der Waals surface area contributed by atoms with Crippen molar-refractivity contribution in [2.75, 3.05) is 5.73 Å². The Labute approximate surface area is 92.1 Å². The molecule has 3 aromatic rings. The molecule has 0 saturated heterocycles. The van der Waals surface area contributed by atoms with Crippen LogP contribution >= 0.6 is 0 Å². The Morgan fingerprint density at radius 3 is 2.81 bits per heavy atom. The molecule has 0 saturated carbocycles. The Morgan fingerprint density at radius 1 is 1.31 bits per heavy atom. The zero-order chi connectivity index (χ0) is 11.1. The Balaban J connectivity index is 2.33. The summed E-state index contributed by atoms with van der Waals surface area (Å²) in [5, 5.41) is 7.86. The number of aromatic amines is 1. The maximum atomic E-state index is 5.81. The van der Waals surface area contributed by atoms with E-state index in [9.17, 15) is 0 Å². The van der Waals surface area contributed by atoms with Gasteiger partial charge >= 0.3 is 0 Å². The monoisotopic (exact) mass is 213 g/mol. The van der Waals surface area contributed by atoms with Crippen LogP contribution in [0.2, 0.25) is 0 Å². The average Bonchev–Trinajstić information content (AvgIpc) is 2.84. The minimum absolute atomic E-state index is 0.599. The molecular weight excluding hydrogens is 202 g/mol. The summed E-state index contributed by atoms with van der Waals surface area (Å²) in [6, 6.07) is 7.92. The quantitative estimate of drug-likeness (QED) is 0.653. The lowest BCUT2D eigenvalue weighted by molar-refractivity contribution is 0.626.